The lowest BCUT2D eigenvalue weighted by molar-refractivity contribution is 0.0751. The first-order valence-corrected chi connectivity index (χ1v) is 11.4. The van der Waals surface area contributed by atoms with E-state index in [0.29, 0.717) is 32.8 Å². The lowest BCUT2D eigenvalue weighted by Crippen LogP contribution is -2.41. The van der Waals surface area contributed by atoms with E-state index in [9.17, 15) is 5.21 Å². The van der Waals surface area contributed by atoms with Crippen molar-refractivity contribution in [1.82, 2.24) is 5.32 Å². The highest BCUT2D eigenvalue weighted by molar-refractivity contribution is 5.93. The predicted octanol–water partition coefficient (Wildman–Crippen LogP) is 4.86. The Morgan fingerprint density at radius 1 is 0.727 bits per heavy atom. The molecule has 0 saturated carbocycles. The maximum Gasteiger partial charge on any atom is 0.124 e. The SMILES string of the molecule is O/N=C1/C[C@@H]2N[C@H](c3ccccc3OCCOCCOc3ccccc32)[C@H]1c1ccccc1. The molecule has 0 unspecified atom stereocenters. The molecule has 6 nitrogen and oxygen atoms in total. The van der Waals surface area contributed by atoms with Gasteiger partial charge in [0.15, 0.2) is 0 Å². The molecule has 3 aromatic carbocycles. The first-order valence-electron chi connectivity index (χ1n) is 11.4. The van der Waals surface area contributed by atoms with Crippen molar-refractivity contribution in [2.75, 3.05) is 26.4 Å². The van der Waals surface area contributed by atoms with Crippen molar-refractivity contribution in [3.05, 3.63) is 95.6 Å². The number of oxime groups is 1. The highest BCUT2D eigenvalue weighted by Crippen LogP contribution is 2.45. The van der Waals surface area contributed by atoms with Gasteiger partial charge in [-0.25, -0.2) is 0 Å². The first-order chi connectivity index (χ1) is 16.3. The Morgan fingerprint density at radius 2 is 1.33 bits per heavy atom. The van der Waals surface area contributed by atoms with E-state index in [4.69, 9.17) is 14.2 Å². The second-order valence-corrected chi connectivity index (χ2v) is 8.27. The Bertz CT molecular complexity index is 1100. The highest BCUT2D eigenvalue weighted by atomic mass is 16.5. The number of nitrogens with one attached hydrogen (secondary N) is 1. The summed E-state index contributed by atoms with van der Waals surface area (Å²) >= 11 is 0. The normalized spacial score (nSPS) is 24.5. The molecular formula is C27H28N2O4. The van der Waals surface area contributed by atoms with Crippen LogP contribution in [0.15, 0.2) is 84.0 Å². The lowest BCUT2D eigenvalue weighted by Gasteiger charge is -2.39. The minimum absolute atomic E-state index is 0.0889. The number of para-hydroxylation sites is 2. The third kappa shape index (κ3) is 4.58. The molecule has 0 aliphatic carbocycles. The largest absolute Gasteiger partial charge is 0.491 e. The van der Waals surface area contributed by atoms with Gasteiger partial charge in [0, 0.05) is 35.5 Å². The number of piperidine rings is 1. The molecule has 2 bridgehead atoms. The van der Waals surface area contributed by atoms with E-state index < -0.39 is 0 Å². The molecule has 33 heavy (non-hydrogen) atoms. The van der Waals surface area contributed by atoms with Crippen LogP contribution in [-0.4, -0.2) is 37.3 Å². The maximum atomic E-state index is 10.1. The Morgan fingerprint density at radius 3 is 2.03 bits per heavy atom. The molecule has 6 heteroatoms. The van der Waals surface area contributed by atoms with E-state index in [1.807, 2.05) is 54.6 Å². The summed E-state index contributed by atoms with van der Waals surface area (Å²) in [6.45, 7) is 1.86. The summed E-state index contributed by atoms with van der Waals surface area (Å²) in [6.07, 6.45) is 0.562. The van der Waals surface area contributed by atoms with E-state index in [0.717, 1.165) is 33.9 Å². The molecular weight excluding hydrogens is 416 g/mol. The number of benzene rings is 3. The van der Waals surface area contributed by atoms with Gasteiger partial charge in [-0.15, -0.1) is 0 Å². The van der Waals surface area contributed by atoms with Gasteiger partial charge in [0.1, 0.15) is 24.7 Å². The second kappa shape index (κ2) is 10.1. The summed E-state index contributed by atoms with van der Waals surface area (Å²) in [5.41, 5.74) is 3.87. The van der Waals surface area contributed by atoms with Crippen LogP contribution in [0.1, 0.15) is 41.1 Å². The quantitative estimate of drug-likeness (QED) is 0.414. The molecule has 3 atom stereocenters. The standard InChI is InChI=1S/C27H28N2O4/c30-29-23-18-22-20-10-4-6-12-24(20)32-16-14-31-15-17-33-25-13-7-5-11-21(25)27(28-22)26(23)19-8-2-1-3-9-19/h1-13,22,26-28,30H,14-18H2/b29-23-/t22-,26-,27+/m0/s1. The molecule has 2 aliphatic heterocycles. The van der Waals surface area contributed by atoms with Crippen LogP contribution in [0, 0.1) is 0 Å². The number of hydrogen-bond donors (Lipinski definition) is 2. The predicted molar refractivity (Wildman–Crippen MR) is 126 cm³/mol. The maximum absolute atomic E-state index is 10.1. The number of rotatable bonds is 1. The van der Waals surface area contributed by atoms with E-state index in [2.05, 4.69) is 34.7 Å². The number of ether oxygens (including phenoxy) is 3. The molecule has 1 saturated heterocycles. The molecule has 0 amide bonds. The molecule has 2 heterocycles. The third-order valence-corrected chi connectivity index (χ3v) is 6.29. The summed E-state index contributed by atoms with van der Waals surface area (Å²) in [7, 11) is 0. The molecule has 0 aromatic heterocycles. The van der Waals surface area contributed by atoms with Crippen LogP contribution < -0.4 is 14.8 Å². The average molecular weight is 445 g/mol. The minimum Gasteiger partial charge on any atom is -0.491 e. The van der Waals surface area contributed by atoms with E-state index in [-0.39, 0.29) is 18.0 Å². The second-order valence-electron chi connectivity index (χ2n) is 8.27. The summed E-state index contributed by atoms with van der Waals surface area (Å²) < 4.78 is 17.9. The van der Waals surface area contributed by atoms with Crippen LogP contribution in [0.3, 0.4) is 0 Å². The molecule has 2 N–H and O–H groups in total. The molecule has 0 radical (unpaired) electrons. The van der Waals surface area contributed by atoms with Gasteiger partial charge in [-0.1, -0.05) is 71.9 Å². The molecule has 3 aromatic rings. The number of fused-ring (bicyclic) bond motifs is 6. The van der Waals surface area contributed by atoms with Crippen LogP contribution in [-0.2, 0) is 4.74 Å². The Kier molecular flexibility index (Phi) is 6.56. The van der Waals surface area contributed by atoms with E-state index >= 15 is 0 Å². The van der Waals surface area contributed by atoms with Gasteiger partial charge in [-0.05, 0) is 17.7 Å². The van der Waals surface area contributed by atoms with Crippen molar-refractivity contribution in [3.8, 4) is 11.5 Å². The van der Waals surface area contributed by atoms with Gasteiger partial charge in [0.2, 0.25) is 0 Å². The fourth-order valence-corrected chi connectivity index (χ4v) is 4.81. The van der Waals surface area contributed by atoms with Crippen LogP contribution in [0.25, 0.3) is 0 Å². The zero-order chi connectivity index (χ0) is 22.5. The Hall–Kier alpha value is -3.35. The summed E-state index contributed by atoms with van der Waals surface area (Å²) in [5.74, 6) is 1.47. The topological polar surface area (TPSA) is 72.3 Å². The van der Waals surface area contributed by atoms with E-state index in [1.54, 1.807) is 0 Å². The van der Waals surface area contributed by atoms with Gasteiger partial charge in [-0.2, -0.15) is 0 Å². The summed E-state index contributed by atoms with van der Waals surface area (Å²) in [5, 5.41) is 17.8. The van der Waals surface area contributed by atoms with Gasteiger partial charge < -0.3 is 24.7 Å². The number of hydrogen-bond acceptors (Lipinski definition) is 6. The van der Waals surface area contributed by atoms with Crippen LogP contribution in [0.2, 0.25) is 0 Å². The zero-order valence-electron chi connectivity index (χ0n) is 18.4. The van der Waals surface area contributed by atoms with Gasteiger partial charge >= 0.3 is 0 Å². The zero-order valence-corrected chi connectivity index (χ0v) is 18.4. The molecule has 0 spiro atoms. The minimum atomic E-state index is -0.162. The molecule has 5 rings (SSSR count). The van der Waals surface area contributed by atoms with Gasteiger partial charge in [0.25, 0.3) is 0 Å². The summed E-state index contributed by atoms with van der Waals surface area (Å²) in [4.78, 5) is 0. The van der Waals surface area contributed by atoms with Crippen molar-refractivity contribution >= 4 is 5.71 Å². The van der Waals surface area contributed by atoms with Gasteiger partial charge in [-0.3, -0.25) is 0 Å². The summed E-state index contributed by atoms with van der Waals surface area (Å²) in [6, 6.07) is 26.0. The van der Waals surface area contributed by atoms with Crippen LogP contribution in [0.4, 0.5) is 0 Å². The smallest absolute Gasteiger partial charge is 0.124 e. The fourth-order valence-electron chi connectivity index (χ4n) is 4.81. The van der Waals surface area contributed by atoms with Crippen LogP contribution >= 0.6 is 0 Å². The first kappa shape index (κ1) is 21.5. The average Bonchev–Trinajstić information content (AvgIpc) is 2.88. The molecule has 1 fully saturated rings. The van der Waals surface area contributed by atoms with Crippen molar-refractivity contribution in [2.45, 2.75) is 24.4 Å². The van der Waals surface area contributed by atoms with Crippen molar-refractivity contribution < 1.29 is 19.4 Å². The van der Waals surface area contributed by atoms with Gasteiger partial charge in [0.05, 0.1) is 18.9 Å². The van der Waals surface area contributed by atoms with Crippen molar-refractivity contribution in [3.63, 3.8) is 0 Å². The van der Waals surface area contributed by atoms with Crippen molar-refractivity contribution in [2.24, 2.45) is 5.16 Å². The Labute approximate surface area is 193 Å². The third-order valence-electron chi connectivity index (χ3n) is 6.29. The fraction of sp³-hybridized carbons (Fsp3) is 0.296. The monoisotopic (exact) mass is 444 g/mol. The van der Waals surface area contributed by atoms with E-state index in [1.165, 1.54) is 0 Å². The molecule has 2 aliphatic rings. The Balaban J connectivity index is 1.64. The van der Waals surface area contributed by atoms with Crippen LogP contribution in [0.5, 0.6) is 11.5 Å². The highest BCUT2D eigenvalue weighted by Gasteiger charge is 2.39. The lowest BCUT2D eigenvalue weighted by atomic mass is 9.76. The van der Waals surface area contributed by atoms with Crippen molar-refractivity contribution in [1.29, 1.82) is 0 Å². The number of nitrogens with zero attached hydrogens (tertiary/aromatic N) is 1. The molecule has 170 valence electrons.